The molecule has 2 N–H and O–H groups in total. The third-order valence-corrected chi connectivity index (χ3v) is 2.70. The van der Waals surface area contributed by atoms with Crippen molar-refractivity contribution in [3.63, 3.8) is 0 Å². The Morgan fingerprint density at radius 3 is 2.50 bits per heavy atom. The fourth-order valence-electron chi connectivity index (χ4n) is 1.66. The number of benzene rings is 1. The largest absolute Gasteiger partial charge is 0.480 e. The molecular weight excluding hydrogens is 258 g/mol. The molecule has 0 aliphatic rings. The maximum Gasteiger partial charge on any atom is 0.323 e. The van der Waals surface area contributed by atoms with Crippen LogP contribution in [0.3, 0.4) is 0 Å². The van der Waals surface area contributed by atoms with Gasteiger partial charge < -0.3 is 20.2 Å². The van der Waals surface area contributed by atoms with Crippen LogP contribution in [0.2, 0.25) is 0 Å². The Labute approximate surface area is 119 Å². The minimum Gasteiger partial charge on any atom is -0.480 e. The molecule has 0 atom stereocenters. The number of nitrogens with one attached hydrogen (secondary N) is 1. The van der Waals surface area contributed by atoms with E-state index in [1.165, 1.54) is 4.90 Å². The van der Waals surface area contributed by atoms with Crippen molar-refractivity contribution < 1.29 is 14.7 Å². The maximum atomic E-state index is 12.1. The van der Waals surface area contributed by atoms with E-state index in [0.717, 1.165) is 5.56 Å². The highest BCUT2D eigenvalue weighted by molar-refractivity contribution is 5.91. The zero-order valence-corrected chi connectivity index (χ0v) is 12.1. The van der Waals surface area contributed by atoms with Crippen molar-refractivity contribution in [2.24, 2.45) is 0 Å². The van der Waals surface area contributed by atoms with Crippen molar-refractivity contribution >= 4 is 17.7 Å². The molecule has 0 radical (unpaired) electrons. The zero-order chi connectivity index (χ0) is 15.1. The van der Waals surface area contributed by atoms with Crippen molar-refractivity contribution in [2.45, 2.75) is 6.92 Å². The maximum absolute atomic E-state index is 12.1. The van der Waals surface area contributed by atoms with E-state index in [1.807, 2.05) is 44.1 Å². The fraction of sp³-hybridized carbons (Fsp3) is 0.429. The number of hydrogen-bond acceptors (Lipinski definition) is 3. The third kappa shape index (κ3) is 5.71. The van der Waals surface area contributed by atoms with Crippen molar-refractivity contribution in [3.05, 3.63) is 29.8 Å². The summed E-state index contributed by atoms with van der Waals surface area (Å²) in [6.45, 7) is 2.58. The molecule has 1 aromatic carbocycles. The number of aliphatic carboxylic acids is 1. The highest BCUT2D eigenvalue weighted by Crippen LogP contribution is 2.10. The Morgan fingerprint density at radius 2 is 1.95 bits per heavy atom. The summed E-state index contributed by atoms with van der Waals surface area (Å²) in [5.41, 5.74) is 1.69. The van der Waals surface area contributed by atoms with Crippen LogP contribution in [-0.4, -0.2) is 60.6 Å². The van der Waals surface area contributed by atoms with Gasteiger partial charge in [-0.15, -0.1) is 0 Å². The summed E-state index contributed by atoms with van der Waals surface area (Å²) >= 11 is 0. The average Bonchev–Trinajstić information content (AvgIpc) is 2.33. The van der Waals surface area contributed by atoms with Crippen LogP contribution in [-0.2, 0) is 4.79 Å². The lowest BCUT2D eigenvalue weighted by molar-refractivity contribution is -0.137. The second kappa shape index (κ2) is 7.49. The van der Waals surface area contributed by atoms with Crippen LogP contribution >= 0.6 is 0 Å². The Balaban J connectivity index is 2.69. The molecule has 0 spiro atoms. The lowest BCUT2D eigenvalue weighted by atomic mass is 10.2. The molecule has 6 heteroatoms. The van der Waals surface area contributed by atoms with Gasteiger partial charge in [0, 0.05) is 18.8 Å². The summed E-state index contributed by atoms with van der Waals surface area (Å²) in [4.78, 5) is 26.1. The molecule has 0 aliphatic heterocycles. The number of carboxylic acids is 1. The molecule has 0 bridgehead atoms. The first-order valence-corrected chi connectivity index (χ1v) is 6.37. The van der Waals surface area contributed by atoms with Gasteiger partial charge in [0.05, 0.1) is 0 Å². The van der Waals surface area contributed by atoms with Gasteiger partial charge in [-0.05, 0) is 38.7 Å². The van der Waals surface area contributed by atoms with Gasteiger partial charge in [0.2, 0.25) is 0 Å². The van der Waals surface area contributed by atoms with Gasteiger partial charge in [-0.2, -0.15) is 0 Å². The first kappa shape index (κ1) is 16.0. The Bertz CT molecular complexity index is 474. The van der Waals surface area contributed by atoms with Crippen LogP contribution < -0.4 is 5.32 Å². The molecule has 6 nitrogen and oxygen atoms in total. The normalized spacial score (nSPS) is 10.4. The van der Waals surface area contributed by atoms with Crippen LogP contribution in [0.1, 0.15) is 5.56 Å². The summed E-state index contributed by atoms with van der Waals surface area (Å²) in [5, 5.41) is 11.6. The Hall–Kier alpha value is -2.08. The Morgan fingerprint density at radius 1 is 1.25 bits per heavy atom. The zero-order valence-electron chi connectivity index (χ0n) is 12.1. The number of rotatable bonds is 6. The summed E-state index contributed by atoms with van der Waals surface area (Å²) in [5.74, 6) is -1.02. The summed E-state index contributed by atoms with van der Waals surface area (Å²) in [6.07, 6.45) is 0. The Kier molecular flexibility index (Phi) is 5.99. The van der Waals surface area contributed by atoms with E-state index in [0.29, 0.717) is 18.8 Å². The lowest BCUT2D eigenvalue weighted by Gasteiger charge is -2.23. The number of anilines is 1. The van der Waals surface area contributed by atoms with E-state index < -0.39 is 12.0 Å². The molecule has 0 fully saturated rings. The number of nitrogens with zero attached hydrogens (tertiary/aromatic N) is 2. The minimum atomic E-state index is -1.02. The van der Waals surface area contributed by atoms with Gasteiger partial charge in [-0.3, -0.25) is 4.79 Å². The van der Waals surface area contributed by atoms with Crippen molar-refractivity contribution in [1.29, 1.82) is 0 Å². The number of amides is 2. The molecule has 0 saturated carbocycles. The number of carbonyl (C=O) groups excluding carboxylic acids is 1. The van der Waals surface area contributed by atoms with E-state index in [-0.39, 0.29) is 6.54 Å². The van der Waals surface area contributed by atoms with Gasteiger partial charge in [0.1, 0.15) is 6.54 Å². The average molecular weight is 279 g/mol. The highest BCUT2D eigenvalue weighted by atomic mass is 16.4. The second-order valence-corrected chi connectivity index (χ2v) is 4.92. The predicted molar refractivity (Wildman–Crippen MR) is 78.0 cm³/mol. The van der Waals surface area contributed by atoms with Gasteiger partial charge in [-0.25, -0.2) is 4.79 Å². The third-order valence-electron chi connectivity index (χ3n) is 2.70. The highest BCUT2D eigenvalue weighted by Gasteiger charge is 2.16. The van der Waals surface area contributed by atoms with Crippen LogP contribution in [0, 0.1) is 6.92 Å². The van der Waals surface area contributed by atoms with Crippen molar-refractivity contribution in [2.75, 3.05) is 39.0 Å². The van der Waals surface area contributed by atoms with E-state index in [1.54, 1.807) is 6.07 Å². The van der Waals surface area contributed by atoms with Gasteiger partial charge in [-0.1, -0.05) is 12.1 Å². The molecule has 110 valence electrons. The molecule has 20 heavy (non-hydrogen) atoms. The predicted octanol–water partition coefficient (Wildman–Crippen LogP) is 1.48. The fourth-order valence-corrected chi connectivity index (χ4v) is 1.66. The molecule has 0 aliphatic carbocycles. The standard InChI is InChI=1S/C14H21N3O3/c1-11-5-4-6-12(9-11)15-14(20)17(10-13(18)19)8-7-16(2)3/h4-6,9H,7-8,10H2,1-3H3,(H,15,20)(H,18,19). The first-order chi connectivity index (χ1) is 9.38. The first-order valence-electron chi connectivity index (χ1n) is 6.37. The molecule has 0 aromatic heterocycles. The topological polar surface area (TPSA) is 72.9 Å². The van der Waals surface area contributed by atoms with Gasteiger partial charge in [0.15, 0.2) is 0 Å². The van der Waals surface area contributed by atoms with E-state index in [9.17, 15) is 9.59 Å². The number of carboxylic acid groups (broad SMARTS) is 1. The number of hydrogen-bond donors (Lipinski definition) is 2. The molecule has 2 amide bonds. The van der Waals surface area contributed by atoms with Crippen LogP contribution in [0.4, 0.5) is 10.5 Å². The molecule has 0 saturated heterocycles. The number of aryl methyl sites for hydroxylation is 1. The van der Waals surface area contributed by atoms with Crippen LogP contribution in [0.5, 0.6) is 0 Å². The quantitative estimate of drug-likeness (QED) is 0.827. The summed E-state index contributed by atoms with van der Waals surface area (Å²) in [6, 6.07) is 6.97. The monoisotopic (exact) mass is 279 g/mol. The van der Waals surface area contributed by atoms with Crippen LogP contribution in [0.25, 0.3) is 0 Å². The molecule has 1 aromatic rings. The molecule has 0 heterocycles. The van der Waals surface area contributed by atoms with Gasteiger partial charge >= 0.3 is 12.0 Å². The smallest absolute Gasteiger partial charge is 0.323 e. The van der Waals surface area contributed by atoms with E-state index in [4.69, 9.17) is 5.11 Å². The summed E-state index contributed by atoms with van der Waals surface area (Å²) in [7, 11) is 3.74. The van der Waals surface area contributed by atoms with Crippen molar-refractivity contribution in [1.82, 2.24) is 9.80 Å². The minimum absolute atomic E-state index is 0.314. The van der Waals surface area contributed by atoms with Crippen molar-refractivity contribution in [3.8, 4) is 0 Å². The number of urea groups is 1. The molecule has 0 unspecified atom stereocenters. The van der Waals surface area contributed by atoms with E-state index in [2.05, 4.69) is 5.32 Å². The van der Waals surface area contributed by atoms with Gasteiger partial charge in [0.25, 0.3) is 0 Å². The second-order valence-electron chi connectivity index (χ2n) is 4.92. The summed E-state index contributed by atoms with van der Waals surface area (Å²) < 4.78 is 0. The number of carbonyl (C=O) groups is 2. The molecular formula is C14H21N3O3. The number of likely N-dealkylation sites (N-methyl/N-ethyl adjacent to an activating group) is 1. The SMILES string of the molecule is Cc1cccc(NC(=O)N(CCN(C)C)CC(=O)O)c1. The molecule has 1 rings (SSSR count). The van der Waals surface area contributed by atoms with Crippen LogP contribution in [0.15, 0.2) is 24.3 Å². The lowest BCUT2D eigenvalue weighted by Crippen LogP contribution is -2.42. The van der Waals surface area contributed by atoms with E-state index >= 15 is 0 Å².